The van der Waals surface area contributed by atoms with E-state index in [1.54, 1.807) is 20.8 Å². The van der Waals surface area contributed by atoms with E-state index >= 15 is 0 Å². The number of carbonyl (C=O) groups excluding carboxylic acids is 1. The maximum absolute atomic E-state index is 13.8. The normalized spacial score (nSPS) is 17.0. The van der Waals surface area contributed by atoms with Gasteiger partial charge < -0.3 is 15.5 Å². The zero-order valence-electron chi connectivity index (χ0n) is 21.9. The number of nitrogens with zero attached hydrogens (tertiary/aromatic N) is 1. The number of alkyl halides is 6. The lowest BCUT2D eigenvalue weighted by Crippen LogP contribution is -2.54. The molecule has 0 radical (unpaired) electrons. The molecular weight excluding hydrogens is 566 g/mol. The molecule has 0 aliphatic carbocycles. The first-order valence-corrected chi connectivity index (χ1v) is 13.7. The first-order chi connectivity index (χ1) is 18.2. The molecule has 0 saturated carbocycles. The molecule has 0 saturated heterocycles. The van der Waals surface area contributed by atoms with Crippen LogP contribution in [-0.2, 0) is 26.8 Å². The first-order valence-electron chi connectivity index (χ1n) is 12.3. The molecular formula is C26H30F6N2O5S. The first kappa shape index (κ1) is 31.7. The average molecular weight is 597 g/mol. The number of aryl methyl sites for hydroxylation is 2. The van der Waals surface area contributed by atoms with E-state index in [4.69, 9.17) is 0 Å². The fourth-order valence-corrected chi connectivity index (χ4v) is 6.20. The van der Waals surface area contributed by atoms with Crippen molar-refractivity contribution in [2.24, 2.45) is 0 Å². The molecule has 2 aromatic rings. The molecule has 0 bridgehead atoms. The van der Waals surface area contributed by atoms with E-state index in [0.717, 1.165) is 15.9 Å². The number of hydrogen-bond donors (Lipinski definition) is 3. The number of anilines is 1. The zero-order chi connectivity index (χ0) is 30.3. The Morgan fingerprint density at radius 1 is 1.00 bits per heavy atom. The topological polar surface area (TPSA) is 107 Å². The molecule has 0 aromatic heterocycles. The SMILES string of the molecule is Cc1ccc(S(=O)(=O)N2c3ccc(C(O)(C(F)(F)F)C(F)(F)F)cc3CCC2CC(=O)NCCC(C)(C)O)cc1. The van der Waals surface area contributed by atoms with E-state index in [9.17, 15) is 49.8 Å². The Balaban J connectivity index is 2.07. The van der Waals surface area contributed by atoms with Crippen molar-refractivity contribution in [3.05, 3.63) is 59.2 Å². The number of fused-ring (bicyclic) bond motifs is 1. The van der Waals surface area contributed by atoms with Crippen LogP contribution in [0.4, 0.5) is 32.0 Å². The molecule has 40 heavy (non-hydrogen) atoms. The minimum absolute atomic E-state index is 0.0905. The molecule has 0 spiro atoms. The van der Waals surface area contributed by atoms with Crippen LogP contribution in [0.2, 0.25) is 0 Å². The fraction of sp³-hybridized carbons (Fsp3) is 0.500. The van der Waals surface area contributed by atoms with Crippen molar-refractivity contribution in [1.82, 2.24) is 5.32 Å². The summed E-state index contributed by atoms with van der Waals surface area (Å²) in [6, 6.07) is 6.32. The molecule has 3 rings (SSSR count). The molecule has 1 unspecified atom stereocenters. The lowest BCUT2D eigenvalue weighted by molar-refractivity contribution is -0.376. The summed E-state index contributed by atoms with van der Waals surface area (Å²) in [6.07, 6.45) is -12.6. The van der Waals surface area contributed by atoms with Crippen LogP contribution in [0.25, 0.3) is 0 Å². The third-order valence-corrected chi connectivity index (χ3v) is 8.57. The number of nitrogens with one attached hydrogen (secondary N) is 1. The summed E-state index contributed by atoms with van der Waals surface area (Å²) in [7, 11) is -4.43. The van der Waals surface area contributed by atoms with Gasteiger partial charge in [0.1, 0.15) is 0 Å². The van der Waals surface area contributed by atoms with Crippen LogP contribution in [0.1, 0.15) is 49.8 Å². The number of hydrogen-bond acceptors (Lipinski definition) is 5. The maximum atomic E-state index is 13.8. The largest absolute Gasteiger partial charge is 0.430 e. The number of benzene rings is 2. The van der Waals surface area contributed by atoms with Crippen LogP contribution in [0.15, 0.2) is 47.4 Å². The number of halogens is 6. The van der Waals surface area contributed by atoms with E-state index in [0.29, 0.717) is 12.1 Å². The molecule has 1 atom stereocenters. The molecule has 1 aliphatic heterocycles. The Kier molecular flexibility index (Phi) is 8.60. The van der Waals surface area contributed by atoms with Crippen LogP contribution in [0, 0.1) is 6.92 Å². The second kappa shape index (κ2) is 10.9. The number of amides is 1. The lowest BCUT2D eigenvalue weighted by Gasteiger charge is -2.39. The molecule has 1 amide bonds. The van der Waals surface area contributed by atoms with Crippen molar-refractivity contribution in [2.75, 3.05) is 10.8 Å². The summed E-state index contributed by atoms with van der Waals surface area (Å²) in [6.45, 7) is 4.89. The molecule has 2 aromatic carbocycles. The lowest BCUT2D eigenvalue weighted by atomic mass is 9.87. The quantitative estimate of drug-likeness (QED) is 0.390. The van der Waals surface area contributed by atoms with Gasteiger partial charge in [0.2, 0.25) is 5.91 Å². The van der Waals surface area contributed by atoms with Gasteiger partial charge in [-0.05, 0) is 63.8 Å². The predicted octanol–water partition coefficient (Wildman–Crippen LogP) is 4.48. The summed E-state index contributed by atoms with van der Waals surface area (Å²) in [4.78, 5) is 12.5. The van der Waals surface area contributed by atoms with E-state index in [-0.39, 0.29) is 48.4 Å². The van der Waals surface area contributed by atoms with Gasteiger partial charge in [-0.25, -0.2) is 8.42 Å². The minimum Gasteiger partial charge on any atom is -0.390 e. The highest BCUT2D eigenvalue weighted by molar-refractivity contribution is 7.92. The highest BCUT2D eigenvalue weighted by Gasteiger charge is 2.71. The summed E-state index contributed by atoms with van der Waals surface area (Å²) in [5, 5.41) is 22.3. The molecule has 1 heterocycles. The predicted molar refractivity (Wildman–Crippen MR) is 134 cm³/mol. The summed E-state index contributed by atoms with van der Waals surface area (Å²) in [5.41, 5.74) is -7.36. The van der Waals surface area contributed by atoms with Crippen molar-refractivity contribution in [1.29, 1.82) is 0 Å². The Hall–Kier alpha value is -2.84. The van der Waals surface area contributed by atoms with Crippen LogP contribution in [0.3, 0.4) is 0 Å². The molecule has 0 fully saturated rings. The Labute approximate surface area is 227 Å². The fourth-order valence-electron chi connectivity index (χ4n) is 4.48. The Morgan fingerprint density at radius 3 is 2.10 bits per heavy atom. The van der Waals surface area contributed by atoms with Crippen molar-refractivity contribution in [3.8, 4) is 0 Å². The monoisotopic (exact) mass is 596 g/mol. The van der Waals surface area contributed by atoms with Gasteiger partial charge >= 0.3 is 12.4 Å². The molecule has 14 heteroatoms. The van der Waals surface area contributed by atoms with Gasteiger partial charge in [-0.15, -0.1) is 0 Å². The molecule has 1 aliphatic rings. The van der Waals surface area contributed by atoms with Gasteiger partial charge in [0.05, 0.1) is 22.2 Å². The van der Waals surface area contributed by atoms with E-state index in [1.165, 1.54) is 24.3 Å². The summed E-state index contributed by atoms with van der Waals surface area (Å²) < 4.78 is 109. The van der Waals surface area contributed by atoms with Crippen LogP contribution >= 0.6 is 0 Å². The standard InChI is InChI=1S/C26H30F6N2O5S/c1-16-4-9-20(10-5-16)40(38,39)34-19(15-22(35)33-13-12-23(2,3)36)8-6-17-14-18(7-11-21(17)34)24(37,25(27,28)29)26(30,31)32/h4-5,7,9-11,14,19,36-37H,6,8,12-13,15H2,1-3H3,(H,33,35). The van der Waals surface area contributed by atoms with E-state index < -0.39 is 51.1 Å². The Morgan fingerprint density at radius 2 is 1.57 bits per heavy atom. The van der Waals surface area contributed by atoms with E-state index in [1.807, 2.05) is 0 Å². The number of rotatable bonds is 8. The highest BCUT2D eigenvalue weighted by Crippen LogP contribution is 2.51. The second-order valence-electron chi connectivity index (χ2n) is 10.5. The van der Waals surface area contributed by atoms with Gasteiger partial charge in [-0.1, -0.05) is 29.8 Å². The van der Waals surface area contributed by atoms with Gasteiger partial charge in [0.25, 0.3) is 15.6 Å². The molecule has 222 valence electrons. The van der Waals surface area contributed by atoms with Crippen molar-refractivity contribution < 1.29 is 49.8 Å². The van der Waals surface area contributed by atoms with Gasteiger partial charge in [-0.2, -0.15) is 26.3 Å². The van der Waals surface area contributed by atoms with Crippen LogP contribution in [0.5, 0.6) is 0 Å². The van der Waals surface area contributed by atoms with Crippen molar-refractivity contribution in [3.63, 3.8) is 0 Å². The van der Waals surface area contributed by atoms with Crippen molar-refractivity contribution >= 4 is 21.6 Å². The van der Waals surface area contributed by atoms with Gasteiger partial charge in [0, 0.05) is 18.5 Å². The highest BCUT2D eigenvalue weighted by atomic mass is 32.2. The number of aliphatic hydroxyl groups is 2. The maximum Gasteiger partial charge on any atom is 0.430 e. The smallest absolute Gasteiger partial charge is 0.390 e. The number of carbonyl (C=O) groups is 1. The minimum atomic E-state index is -6.11. The van der Waals surface area contributed by atoms with Crippen molar-refractivity contribution in [2.45, 2.75) is 80.9 Å². The number of sulfonamides is 1. The third kappa shape index (κ3) is 6.39. The molecule has 3 N–H and O–H groups in total. The third-order valence-electron chi connectivity index (χ3n) is 6.69. The zero-order valence-corrected chi connectivity index (χ0v) is 22.7. The van der Waals surface area contributed by atoms with Gasteiger partial charge in [0.15, 0.2) is 0 Å². The molecule has 7 nitrogen and oxygen atoms in total. The summed E-state index contributed by atoms with van der Waals surface area (Å²) in [5.74, 6) is -0.554. The second-order valence-corrected chi connectivity index (χ2v) is 12.3. The van der Waals surface area contributed by atoms with Gasteiger partial charge in [-0.3, -0.25) is 9.10 Å². The Bertz CT molecular complexity index is 1320. The van der Waals surface area contributed by atoms with Crippen LogP contribution < -0.4 is 9.62 Å². The van der Waals surface area contributed by atoms with E-state index in [2.05, 4.69) is 5.32 Å². The van der Waals surface area contributed by atoms with Crippen LogP contribution in [-0.4, -0.2) is 55.1 Å². The summed E-state index contributed by atoms with van der Waals surface area (Å²) >= 11 is 0. The average Bonchev–Trinajstić information content (AvgIpc) is 2.81.